The van der Waals surface area contributed by atoms with E-state index in [1.165, 1.54) is 12.1 Å². The minimum absolute atomic E-state index is 0.0445. The molecule has 0 saturated carbocycles. The molecule has 7 heteroatoms. The lowest BCUT2D eigenvalue weighted by molar-refractivity contribution is -0.141. The van der Waals surface area contributed by atoms with Gasteiger partial charge >= 0.3 is 0 Å². The molecular weight excluding hydrogens is 361 g/mol. The Labute approximate surface area is 165 Å². The summed E-state index contributed by atoms with van der Waals surface area (Å²) in [5, 5.41) is 0. The molecule has 1 aromatic rings. The predicted octanol–water partition coefficient (Wildman–Crippen LogP) is 2.03. The van der Waals surface area contributed by atoms with Crippen LogP contribution in [0, 0.1) is 5.82 Å². The van der Waals surface area contributed by atoms with Crippen LogP contribution in [0.3, 0.4) is 0 Å². The molecule has 4 rings (SSSR count). The Morgan fingerprint density at radius 1 is 1.25 bits per heavy atom. The molecule has 1 atom stereocenters. The molecule has 28 heavy (non-hydrogen) atoms. The first-order valence-electron chi connectivity index (χ1n) is 10.1. The van der Waals surface area contributed by atoms with Gasteiger partial charge in [-0.1, -0.05) is 0 Å². The number of hydrogen-bond donors (Lipinski definition) is 0. The van der Waals surface area contributed by atoms with Crippen molar-refractivity contribution in [3.8, 4) is 0 Å². The van der Waals surface area contributed by atoms with E-state index in [-0.39, 0.29) is 35.8 Å². The van der Waals surface area contributed by atoms with Gasteiger partial charge in [-0.25, -0.2) is 4.39 Å². The van der Waals surface area contributed by atoms with Gasteiger partial charge in [-0.05, 0) is 49.9 Å². The Morgan fingerprint density at radius 3 is 2.61 bits per heavy atom. The average Bonchev–Trinajstić information content (AvgIpc) is 3.29. The standard InChI is InChI=1S/C21H28FN3O3/c1-23(17-6-4-16(22)5-7-17)18-13-21(28-15-18)8-11-24(12-9-21)20(27)14-25-10-2-3-19(25)26/h4-7,18H,2-3,8-15H2,1H3/t18-/m1/s1. The Bertz CT molecular complexity index is 731. The summed E-state index contributed by atoms with van der Waals surface area (Å²) >= 11 is 0. The van der Waals surface area contributed by atoms with E-state index in [1.807, 2.05) is 11.9 Å². The summed E-state index contributed by atoms with van der Waals surface area (Å²) in [7, 11) is 2.02. The molecule has 3 aliphatic rings. The van der Waals surface area contributed by atoms with E-state index in [0.717, 1.165) is 31.4 Å². The summed E-state index contributed by atoms with van der Waals surface area (Å²) in [6, 6.07) is 6.79. The molecule has 3 heterocycles. The number of hydrogen-bond acceptors (Lipinski definition) is 4. The molecule has 0 aliphatic carbocycles. The average molecular weight is 389 g/mol. The number of likely N-dealkylation sites (tertiary alicyclic amines) is 2. The van der Waals surface area contributed by atoms with Gasteiger partial charge < -0.3 is 19.4 Å². The summed E-state index contributed by atoms with van der Waals surface area (Å²) in [5.74, 6) is -0.0975. The van der Waals surface area contributed by atoms with Crippen LogP contribution in [-0.2, 0) is 14.3 Å². The van der Waals surface area contributed by atoms with Gasteiger partial charge in [-0.3, -0.25) is 9.59 Å². The zero-order chi connectivity index (χ0) is 19.7. The second-order valence-corrected chi connectivity index (χ2v) is 8.24. The minimum atomic E-state index is -0.232. The topological polar surface area (TPSA) is 53.1 Å². The lowest BCUT2D eigenvalue weighted by Crippen LogP contribution is -2.49. The first-order chi connectivity index (χ1) is 13.5. The molecule has 0 aromatic heterocycles. The van der Waals surface area contributed by atoms with Gasteiger partial charge in [-0.15, -0.1) is 0 Å². The Balaban J connectivity index is 1.30. The van der Waals surface area contributed by atoms with Crippen molar-refractivity contribution in [2.75, 3.05) is 44.7 Å². The van der Waals surface area contributed by atoms with E-state index in [0.29, 0.717) is 32.7 Å². The van der Waals surface area contributed by atoms with Gasteiger partial charge in [0.1, 0.15) is 5.82 Å². The molecule has 0 radical (unpaired) electrons. The van der Waals surface area contributed by atoms with Crippen molar-refractivity contribution in [2.45, 2.75) is 43.7 Å². The van der Waals surface area contributed by atoms with E-state index < -0.39 is 0 Å². The van der Waals surface area contributed by atoms with Crippen LogP contribution in [0.4, 0.5) is 10.1 Å². The zero-order valence-corrected chi connectivity index (χ0v) is 16.4. The fourth-order valence-corrected chi connectivity index (χ4v) is 4.60. The smallest absolute Gasteiger partial charge is 0.242 e. The van der Waals surface area contributed by atoms with Crippen molar-refractivity contribution in [3.05, 3.63) is 30.1 Å². The SMILES string of the molecule is CN(c1ccc(F)cc1)[C@H]1COC2(CCN(C(=O)CN3CCCC3=O)CC2)C1. The number of benzene rings is 1. The molecule has 1 aromatic carbocycles. The number of carbonyl (C=O) groups is 2. The van der Waals surface area contributed by atoms with Gasteiger partial charge in [0, 0.05) is 38.8 Å². The van der Waals surface area contributed by atoms with Crippen LogP contribution in [0.2, 0.25) is 0 Å². The quantitative estimate of drug-likeness (QED) is 0.791. The number of amides is 2. The van der Waals surface area contributed by atoms with Crippen LogP contribution in [-0.4, -0.2) is 73.1 Å². The van der Waals surface area contributed by atoms with Crippen molar-refractivity contribution in [2.24, 2.45) is 0 Å². The number of nitrogens with zero attached hydrogens (tertiary/aromatic N) is 3. The molecule has 2 amide bonds. The maximum Gasteiger partial charge on any atom is 0.242 e. The van der Waals surface area contributed by atoms with Crippen molar-refractivity contribution >= 4 is 17.5 Å². The highest BCUT2D eigenvalue weighted by Crippen LogP contribution is 2.38. The zero-order valence-electron chi connectivity index (χ0n) is 16.4. The monoisotopic (exact) mass is 389 g/mol. The largest absolute Gasteiger partial charge is 0.373 e. The Hall–Kier alpha value is -2.15. The summed E-state index contributed by atoms with van der Waals surface area (Å²) in [6.45, 7) is 2.90. The maximum atomic E-state index is 13.2. The summed E-state index contributed by atoms with van der Waals surface area (Å²) in [4.78, 5) is 30.0. The van der Waals surface area contributed by atoms with Gasteiger partial charge in [0.05, 0.1) is 24.8 Å². The second kappa shape index (κ2) is 7.70. The molecular formula is C21H28FN3O3. The lowest BCUT2D eigenvalue weighted by Gasteiger charge is -2.39. The maximum absolute atomic E-state index is 13.2. The van der Waals surface area contributed by atoms with Gasteiger partial charge in [0.25, 0.3) is 0 Å². The first-order valence-corrected chi connectivity index (χ1v) is 10.1. The van der Waals surface area contributed by atoms with Crippen LogP contribution in [0.15, 0.2) is 24.3 Å². The number of ether oxygens (including phenoxy) is 1. The Kier molecular flexibility index (Phi) is 5.27. The predicted molar refractivity (Wildman–Crippen MR) is 104 cm³/mol. The van der Waals surface area contributed by atoms with Gasteiger partial charge in [-0.2, -0.15) is 0 Å². The van der Waals surface area contributed by atoms with Crippen molar-refractivity contribution in [1.82, 2.24) is 9.80 Å². The fraction of sp³-hybridized carbons (Fsp3) is 0.619. The third-order valence-corrected chi connectivity index (χ3v) is 6.50. The first kappa shape index (κ1) is 19.2. The summed E-state index contributed by atoms with van der Waals surface area (Å²) in [5.41, 5.74) is 0.800. The van der Waals surface area contributed by atoms with E-state index in [4.69, 9.17) is 4.74 Å². The molecule has 1 spiro atoms. The molecule has 152 valence electrons. The number of likely N-dealkylation sites (N-methyl/N-ethyl adjacent to an activating group) is 1. The van der Waals surface area contributed by atoms with Gasteiger partial charge in [0.15, 0.2) is 0 Å². The van der Waals surface area contributed by atoms with Crippen LogP contribution in [0.1, 0.15) is 32.1 Å². The second-order valence-electron chi connectivity index (χ2n) is 8.24. The molecule has 0 N–H and O–H groups in total. The van der Waals surface area contributed by atoms with Crippen molar-refractivity contribution in [1.29, 1.82) is 0 Å². The number of rotatable bonds is 4. The van der Waals surface area contributed by atoms with E-state index in [1.54, 1.807) is 17.0 Å². The van der Waals surface area contributed by atoms with E-state index >= 15 is 0 Å². The molecule has 3 fully saturated rings. The summed E-state index contributed by atoms with van der Waals surface area (Å²) in [6.07, 6.45) is 3.97. The third kappa shape index (κ3) is 3.85. The van der Waals surface area contributed by atoms with E-state index in [2.05, 4.69) is 4.90 Å². The number of anilines is 1. The van der Waals surface area contributed by atoms with Crippen LogP contribution >= 0.6 is 0 Å². The number of piperidine rings is 1. The Morgan fingerprint density at radius 2 is 1.96 bits per heavy atom. The molecule has 0 bridgehead atoms. The molecule has 3 aliphatic heterocycles. The minimum Gasteiger partial charge on any atom is -0.373 e. The number of carbonyl (C=O) groups excluding carboxylic acids is 2. The third-order valence-electron chi connectivity index (χ3n) is 6.50. The fourth-order valence-electron chi connectivity index (χ4n) is 4.60. The highest BCUT2D eigenvalue weighted by molar-refractivity contribution is 5.85. The highest BCUT2D eigenvalue weighted by atomic mass is 19.1. The van der Waals surface area contributed by atoms with Crippen LogP contribution < -0.4 is 4.90 Å². The van der Waals surface area contributed by atoms with E-state index in [9.17, 15) is 14.0 Å². The van der Waals surface area contributed by atoms with Crippen molar-refractivity contribution < 1.29 is 18.7 Å². The lowest BCUT2D eigenvalue weighted by atomic mass is 9.87. The molecule has 6 nitrogen and oxygen atoms in total. The van der Waals surface area contributed by atoms with Gasteiger partial charge in [0.2, 0.25) is 11.8 Å². The highest BCUT2D eigenvalue weighted by Gasteiger charge is 2.44. The molecule has 3 saturated heterocycles. The summed E-state index contributed by atoms with van der Waals surface area (Å²) < 4.78 is 19.4. The number of halogens is 1. The van der Waals surface area contributed by atoms with Crippen LogP contribution in [0.25, 0.3) is 0 Å². The molecule has 0 unspecified atom stereocenters. The van der Waals surface area contributed by atoms with Crippen LogP contribution in [0.5, 0.6) is 0 Å². The van der Waals surface area contributed by atoms with Crippen molar-refractivity contribution in [3.63, 3.8) is 0 Å². The normalized spacial score (nSPS) is 24.2.